The summed E-state index contributed by atoms with van der Waals surface area (Å²) in [6.07, 6.45) is 0. The maximum Gasteiger partial charge on any atom is 0.240 e. The van der Waals surface area contributed by atoms with Crippen LogP contribution >= 0.6 is 23.4 Å². The van der Waals surface area contributed by atoms with Gasteiger partial charge in [-0.3, -0.25) is 9.69 Å². The molecule has 4 nitrogen and oxygen atoms in total. The molecule has 1 atom stereocenters. The summed E-state index contributed by atoms with van der Waals surface area (Å²) in [5, 5.41) is -0.379. The Kier molecular flexibility index (Phi) is 5.64. The summed E-state index contributed by atoms with van der Waals surface area (Å²) in [6, 6.07) is 25.8. The third-order valence-electron chi connectivity index (χ3n) is 5.18. The molecule has 0 bridgehead atoms. The molecular weight excluding hydrogens is 445 g/mol. The predicted molar refractivity (Wildman–Crippen MR) is 127 cm³/mol. The van der Waals surface area contributed by atoms with Gasteiger partial charge in [0, 0.05) is 21.7 Å². The Morgan fingerprint density at radius 3 is 2.03 bits per heavy atom. The Bertz CT molecular complexity index is 1210. The van der Waals surface area contributed by atoms with E-state index in [2.05, 4.69) is 0 Å². The minimum Gasteiger partial charge on any atom is -0.273 e. The molecule has 1 aromatic heterocycles. The van der Waals surface area contributed by atoms with E-state index in [0.29, 0.717) is 11.4 Å². The Morgan fingerprint density at radius 1 is 0.875 bits per heavy atom. The number of aromatic nitrogens is 2. The third kappa shape index (κ3) is 3.87. The summed E-state index contributed by atoms with van der Waals surface area (Å²) in [6.45, 7) is 0. The van der Waals surface area contributed by atoms with Crippen LogP contribution in [0.1, 0.15) is 10.9 Å². The number of amides is 1. The maximum atomic E-state index is 14.7. The van der Waals surface area contributed by atoms with Gasteiger partial charge in [-0.15, -0.1) is 11.8 Å². The zero-order valence-corrected chi connectivity index (χ0v) is 18.4. The Hall–Kier alpha value is -3.22. The largest absolute Gasteiger partial charge is 0.273 e. The van der Waals surface area contributed by atoms with E-state index >= 15 is 0 Å². The van der Waals surface area contributed by atoms with Crippen LogP contribution in [0.3, 0.4) is 0 Å². The van der Waals surface area contributed by atoms with Crippen molar-refractivity contribution in [3.8, 4) is 22.5 Å². The zero-order valence-electron chi connectivity index (χ0n) is 16.8. The molecule has 1 unspecified atom stereocenters. The highest BCUT2D eigenvalue weighted by Gasteiger charge is 2.38. The number of carbonyl (C=O) groups is 1. The quantitative estimate of drug-likeness (QED) is 0.353. The Labute approximate surface area is 194 Å². The molecule has 0 N–H and O–H groups in total. The van der Waals surface area contributed by atoms with Crippen LogP contribution in [-0.2, 0) is 4.79 Å². The molecule has 4 aromatic rings. The Balaban J connectivity index is 1.68. The van der Waals surface area contributed by atoms with Crippen molar-refractivity contribution in [3.63, 3.8) is 0 Å². The SMILES string of the molecule is O=C1CSC(c2c(F)cccc2Cl)N1c1nc(-c2ccccc2)cc(-c2ccccc2)n1. The molecule has 158 valence electrons. The molecule has 2 heterocycles. The third-order valence-corrected chi connectivity index (χ3v) is 6.69. The van der Waals surface area contributed by atoms with E-state index in [1.807, 2.05) is 66.7 Å². The lowest BCUT2D eigenvalue weighted by Gasteiger charge is -2.24. The van der Waals surface area contributed by atoms with E-state index in [0.717, 1.165) is 11.1 Å². The van der Waals surface area contributed by atoms with E-state index in [9.17, 15) is 9.18 Å². The molecule has 1 fully saturated rings. The molecule has 0 spiro atoms. The van der Waals surface area contributed by atoms with E-state index in [1.165, 1.54) is 22.7 Å². The molecular formula is C25H17ClFN3OS. The number of hydrogen-bond acceptors (Lipinski definition) is 4. The topological polar surface area (TPSA) is 46.1 Å². The van der Waals surface area contributed by atoms with Crippen molar-refractivity contribution in [1.29, 1.82) is 0 Å². The van der Waals surface area contributed by atoms with Gasteiger partial charge in [0.25, 0.3) is 0 Å². The van der Waals surface area contributed by atoms with Crippen LogP contribution in [0.2, 0.25) is 5.02 Å². The van der Waals surface area contributed by atoms with Crippen LogP contribution in [0, 0.1) is 5.82 Å². The van der Waals surface area contributed by atoms with Crippen molar-refractivity contribution in [1.82, 2.24) is 9.97 Å². The smallest absolute Gasteiger partial charge is 0.240 e. The number of carbonyl (C=O) groups excluding carboxylic acids is 1. The van der Waals surface area contributed by atoms with Crippen LogP contribution in [-0.4, -0.2) is 21.6 Å². The number of anilines is 1. The van der Waals surface area contributed by atoms with Gasteiger partial charge >= 0.3 is 0 Å². The maximum absolute atomic E-state index is 14.7. The second kappa shape index (κ2) is 8.73. The van der Waals surface area contributed by atoms with E-state index in [-0.39, 0.29) is 28.2 Å². The minimum atomic E-state index is -0.647. The molecule has 1 aliphatic heterocycles. The number of thioether (sulfide) groups is 1. The van der Waals surface area contributed by atoms with Gasteiger partial charge in [0.2, 0.25) is 11.9 Å². The van der Waals surface area contributed by atoms with Crippen LogP contribution in [0.4, 0.5) is 10.3 Å². The van der Waals surface area contributed by atoms with Gasteiger partial charge in [0.1, 0.15) is 11.2 Å². The lowest BCUT2D eigenvalue weighted by atomic mass is 10.1. The van der Waals surface area contributed by atoms with Gasteiger partial charge in [-0.25, -0.2) is 14.4 Å². The number of benzene rings is 3. The number of rotatable bonds is 4. The lowest BCUT2D eigenvalue weighted by Crippen LogP contribution is -2.30. The number of halogens is 2. The highest BCUT2D eigenvalue weighted by atomic mass is 35.5. The first-order valence-corrected chi connectivity index (χ1v) is 11.4. The minimum absolute atomic E-state index is 0.189. The second-order valence-electron chi connectivity index (χ2n) is 7.23. The summed E-state index contributed by atoms with van der Waals surface area (Å²) in [7, 11) is 0. The van der Waals surface area contributed by atoms with Crippen LogP contribution in [0.15, 0.2) is 84.9 Å². The van der Waals surface area contributed by atoms with Crippen molar-refractivity contribution in [2.24, 2.45) is 0 Å². The van der Waals surface area contributed by atoms with Gasteiger partial charge in [-0.05, 0) is 18.2 Å². The first-order valence-electron chi connectivity index (χ1n) is 9.99. The molecule has 0 saturated carbocycles. The van der Waals surface area contributed by atoms with Crippen LogP contribution in [0.25, 0.3) is 22.5 Å². The summed E-state index contributed by atoms with van der Waals surface area (Å²) in [5.74, 6) is -0.236. The molecule has 0 aliphatic carbocycles. The summed E-state index contributed by atoms with van der Waals surface area (Å²) in [5.41, 5.74) is 3.41. The first kappa shape index (κ1) is 20.7. The number of nitrogens with zero attached hydrogens (tertiary/aromatic N) is 3. The van der Waals surface area contributed by atoms with Crippen molar-refractivity contribution in [2.45, 2.75) is 5.37 Å². The molecule has 7 heteroatoms. The molecule has 0 radical (unpaired) electrons. The van der Waals surface area contributed by atoms with E-state index in [1.54, 1.807) is 12.1 Å². The van der Waals surface area contributed by atoms with Gasteiger partial charge in [0.15, 0.2) is 0 Å². The highest BCUT2D eigenvalue weighted by molar-refractivity contribution is 8.00. The summed E-state index contributed by atoms with van der Waals surface area (Å²) < 4.78 is 14.7. The fraction of sp³-hybridized carbons (Fsp3) is 0.0800. The molecule has 5 rings (SSSR count). The molecule has 32 heavy (non-hydrogen) atoms. The Morgan fingerprint density at radius 2 is 1.47 bits per heavy atom. The average Bonchev–Trinajstić information content (AvgIpc) is 3.20. The fourth-order valence-electron chi connectivity index (χ4n) is 3.66. The average molecular weight is 462 g/mol. The predicted octanol–water partition coefficient (Wildman–Crippen LogP) is 6.38. The molecule has 1 amide bonds. The van der Waals surface area contributed by atoms with Crippen molar-refractivity contribution in [3.05, 3.63) is 101 Å². The van der Waals surface area contributed by atoms with Crippen molar-refractivity contribution in [2.75, 3.05) is 10.7 Å². The van der Waals surface area contributed by atoms with Crippen molar-refractivity contribution < 1.29 is 9.18 Å². The first-order chi connectivity index (χ1) is 15.6. The fourth-order valence-corrected chi connectivity index (χ4v) is 5.19. The number of hydrogen-bond donors (Lipinski definition) is 0. The van der Waals surface area contributed by atoms with Gasteiger partial charge in [-0.2, -0.15) is 0 Å². The van der Waals surface area contributed by atoms with Gasteiger partial charge in [0.05, 0.1) is 17.1 Å². The monoisotopic (exact) mass is 461 g/mol. The van der Waals surface area contributed by atoms with E-state index in [4.69, 9.17) is 21.6 Å². The second-order valence-corrected chi connectivity index (χ2v) is 8.71. The summed E-state index contributed by atoms with van der Waals surface area (Å²) in [4.78, 5) is 23.8. The van der Waals surface area contributed by atoms with Gasteiger partial charge < -0.3 is 0 Å². The normalized spacial score (nSPS) is 15.9. The molecule has 1 saturated heterocycles. The van der Waals surface area contributed by atoms with Crippen LogP contribution < -0.4 is 4.90 Å². The lowest BCUT2D eigenvalue weighted by molar-refractivity contribution is -0.115. The zero-order chi connectivity index (χ0) is 22.1. The molecule has 1 aliphatic rings. The summed E-state index contributed by atoms with van der Waals surface area (Å²) >= 11 is 7.64. The highest BCUT2D eigenvalue weighted by Crippen LogP contribution is 2.44. The van der Waals surface area contributed by atoms with Crippen molar-refractivity contribution >= 4 is 35.2 Å². The van der Waals surface area contributed by atoms with Gasteiger partial charge in [-0.1, -0.05) is 78.3 Å². The van der Waals surface area contributed by atoms with E-state index < -0.39 is 11.2 Å². The molecule has 3 aromatic carbocycles. The van der Waals surface area contributed by atoms with Crippen LogP contribution in [0.5, 0.6) is 0 Å². The standard InChI is InChI=1S/C25H17ClFN3OS/c26-18-12-7-13-19(27)23(18)24-30(22(31)15-32-24)25-28-20(16-8-3-1-4-9-16)14-21(29-25)17-10-5-2-6-11-17/h1-14,24H,15H2.